The van der Waals surface area contributed by atoms with Crippen LogP contribution in [0.2, 0.25) is 0 Å². The minimum atomic E-state index is 0.334. The Bertz CT molecular complexity index is 290. The van der Waals surface area contributed by atoms with E-state index in [1.54, 1.807) is 0 Å². The van der Waals surface area contributed by atoms with E-state index in [2.05, 4.69) is 50.2 Å². The first-order valence-corrected chi connectivity index (χ1v) is 6.14. The summed E-state index contributed by atoms with van der Waals surface area (Å²) in [5.74, 6) is 0. The van der Waals surface area contributed by atoms with E-state index in [4.69, 9.17) is 5.73 Å². The first kappa shape index (κ1) is 13.2. The van der Waals surface area contributed by atoms with Crippen molar-refractivity contribution in [2.45, 2.75) is 32.2 Å². The van der Waals surface area contributed by atoms with Crippen LogP contribution < -0.4 is 5.73 Å². The highest BCUT2D eigenvalue weighted by Gasteiger charge is 2.11. The highest BCUT2D eigenvalue weighted by molar-refractivity contribution is 5.25. The van der Waals surface area contributed by atoms with Crippen LogP contribution in [0.5, 0.6) is 0 Å². The van der Waals surface area contributed by atoms with Gasteiger partial charge in [0, 0.05) is 12.6 Å². The standard InChI is InChI=1S/C14H24N2/c1-4-5-6-12-7-9-13(10-8-12)14(11-15)16(2)3/h7-10,14H,4-6,11,15H2,1-3H3. The van der Waals surface area contributed by atoms with Gasteiger partial charge in [0.25, 0.3) is 0 Å². The molecule has 16 heavy (non-hydrogen) atoms. The molecule has 2 heteroatoms. The van der Waals surface area contributed by atoms with E-state index in [0.29, 0.717) is 12.6 Å². The zero-order valence-corrected chi connectivity index (χ0v) is 10.7. The van der Waals surface area contributed by atoms with Crippen LogP contribution in [0.4, 0.5) is 0 Å². The fraction of sp³-hybridized carbons (Fsp3) is 0.571. The van der Waals surface area contributed by atoms with Crippen LogP contribution in [-0.2, 0) is 6.42 Å². The molecule has 2 nitrogen and oxygen atoms in total. The van der Waals surface area contributed by atoms with E-state index in [1.165, 1.54) is 30.4 Å². The average Bonchev–Trinajstić information content (AvgIpc) is 2.28. The molecule has 0 saturated heterocycles. The van der Waals surface area contributed by atoms with Crippen LogP contribution in [0.1, 0.15) is 36.9 Å². The Morgan fingerprint density at radius 1 is 1.19 bits per heavy atom. The maximum Gasteiger partial charge on any atom is 0.0464 e. The Balaban J connectivity index is 2.69. The quantitative estimate of drug-likeness (QED) is 0.798. The minimum absolute atomic E-state index is 0.334. The molecule has 0 radical (unpaired) electrons. The maximum atomic E-state index is 5.78. The summed E-state index contributed by atoms with van der Waals surface area (Å²) in [6.07, 6.45) is 3.71. The van der Waals surface area contributed by atoms with E-state index in [0.717, 1.165) is 0 Å². The summed E-state index contributed by atoms with van der Waals surface area (Å²) in [5, 5.41) is 0. The molecule has 1 rings (SSSR count). The minimum Gasteiger partial charge on any atom is -0.329 e. The molecule has 0 fully saturated rings. The number of likely N-dealkylation sites (N-methyl/N-ethyl adjacent to an activating group) is 1. The van der Waals surface area contributed by atoms with Crippen molar-refractivity contribution in [2.24, 2.45) is 5.73 Å². The molecule has 90 valence electrons. The summed E-state index contributed by atoms with van der Waals surface area (Å²) >= 11 is 0. The van der Waals surface area contributed by atoms with Gasteiger partial charge in [-0.15, -0.1) is 0 Å². The van der Waals surface area contributed by atoms with Crippen LogP contribution in [-0.4, -0.2) is 25.5 Å². The van der Waals surface area contributed by atoms with E-state index in [9.17, 15) is 0 Å². The van der Waals surface area contributed by atoms with Crippen LogP contribution in [0.3, 0.4) is 0 Å². The topological polar surface area (TPSA) is 29.3 Å². The molecule has 0 saturated carbocycles. The first-order chi connectivity index (χ1) is 7.69. The van der Waals surface area contributed by atoms with Gasteiger partial charge >= 0.3 is 0 Å². The summed E-state index contributed by atoms with van der Waals surface area (Å²) in [6.45, 7) is 2.90. The number of hydrogen-bond acceptors (Lipinski definition) is 2. The van der Waals surface area contributed by atoms with Crippen LogP contribution >= 0.6 is 0 Å². The molecule has 0 aromatic heterocycles. The van der Waals surface area contributed by atoms with Gasteiger partial charge in [-0.05, 0) is 38.1 Å². The van der Waals surface area contributed by atoms with Gasteiger partial charge in [0.05, 0.1) is 0 Å². The number of aryl methyl sites for hydroxylation is 1. The van der Waals surface area contributed by atoms with E-state index < -0.39 is 0 Å². The Kier molecular flexibility index (Phi) is 5.50. The van der Waals surface area contributed by atoms with Crippen LogP contribution in [0.25, 0.3) is 0 Å². The number of benzene rings is 1. The number of rotatable bonds is 6. The molecule has 0 aliphatic carbocycles. The normalized spacial score (nSPS) is 13.1. The van der Waals surface area contributed by atoms with Crippen LogP contribution in [0.15, 0.2) is 24.3 Å². The summed E-state index contributed by atoms with van der Waals surface area (Å²) < 4.78 is 0. The highest BCUT2D eigenvalue weighted by atomic mass is 15.1. The Labute approximate surface area is 99.5 Å². The lowest BCUT2D eigenvalue weighted by atomic mass is 10.0. The molecule has 0 spiro atoms. The van der Waals surface area contributed by atoms with Gasteiger partial charge in [-0.2, -0.15) is 0 Å². The Morgan fingerprint density at radius 3 is 2.25 bits per heavy atom. The van der Waals surface area contributed by atoms with Crippen LogP contribution in [0, 0.1) is 0 Å². The van der Waals surface area contributed by atoms with Gasteiger partial charge in [-0.25, -0.2) is 0 Å². The molecule has 2 N–H and O–H groups in total. The van der Waals surface area contributed by atoms with Gasteiger partial charge in [-0.1, -0.05) is 37.6 Å². The van der Waals surface area contributed by atoms with Crippen molar-refractivity contribution in [3.05, 3.63) is 35.4 Å². The first-order valence-electron chi connectivity index (χ1n) is 6.14. The van der Waals surface area contributed by atoms with Crippen molar-refractivity contribution in [3.8, 4) is 0 Å². The highest BCUT2D eigenvalue weighted by Crippen LogP contribution is 2.18. The van der Waals surface area contributed by atoms with Gasteiger partial charge in [-0.3, -0.25) is 0 Å². The van der Waals surface area contributed by atoms with E-state index in [-0.39, 0.29) is 0 Å². The lowest BCUT2D eigenvalue weighted by molar-refractivity contribution is 0.306. The molecule has 0 bridgehead atoms. The van der Waals surface area contributed by atoms with Crippen molar-refractivity contribution in [3.63, 3.8) is 0 Å². The third-order valence-electron chi connectivity index (χ3n) is 3.03. The molecular formula is C14H24N2. The predicted molar refractivity (Wildman–Crippen MR) is 70.5 cm³/mol. The molecule has 0 amide bonds. The fourth-order valence-corrected chi connectivity index (χ4v) is 1.93. The largest absolute Gasteiger partial charge is 0.329 e. The van der Waals surface area contributed by atoms with Gasteiger partial charge < -0.3 is 10.6 Å². The number of nitrogens with zero attached hydrogens (tertiary/aromatic N) is 1. The zero-order valence-electron chi connectivity index (χ0n) is 10.7. The molecule has 0 aliphatic rings. The summed E-state index contributed by atoms with van der Waals surface area (Å²) in [5.41, 5.74) is 8.53. The molecule has 1 aromatic carbocycles. The molecule has 1 unspecified atom stereocenters. The lowest BCUT2D eigenvalue weighted by Crippen LogP contribution is -2.27. The molecule has 0 heterocycles. The molecule has 1 aromatic rings. The van der Waals surface area contributed by atoms with Gasteiger partial charge in [0.2, 0.25) is 0 Å². The second-order valence-electron chi connectivity index (χ2n) is 4.56. The predicted octanol–water partition coefficient (Wildman–Crippen LogP) is 2.59. The third kappa shape index (κ3) is 3.62. The number of unbranched alkanes of at least 4 members (excludes halogenated alkanes) is 1. The second-order valence-corrected chi connectivity index (χ2v) is 4.56. The maximum absolute atomic E-state index is 5.78. The number of hydrogen-bond donors (Lipinski definition) is 1. The van der Waals surface area contributed by atoms with Crippen molar-refractivity contribution in [1.29, 1.82) is 0 Å². The summed E-state index contributed by atoms with van der Waals surface area (Å²) in [7, 11) is 4.14. The van der Waals surface area contributed by atoms with Gasteiger partial charge in [0.1, 0.15) is 0 Å². The summed E-state index contributed by atoms with van der Waals surface area (Å²) in [6, 6.07) is 9.22. The average molecular weight is 220 g/mol. The van der Waals surface area contributed by atoms with Crippen molar-refractivity contribution < 1.29 is 0 Å². The zero-order chi connectivity index (χ0) is 12.0. The monoisotopic (exact) mass is 220 g/mol. The molecular weight excluding hydrogens is 196 g/mol. The molecule has 1 atom stereocenters. The lowest BCUT2D eigenvalue weighted by Gasteiger charge is -2.23. The Morgan fingerprint density at radius 2 is 1.81 bits per heavy atom. The smallest absolute Gasteiger partial charge is 0.0464 e. The van der Waals surface area contributed by atoms with Crippen molar-refractivity contribution in [2.75, 3.05) is 20.6 Å². The summed E-state index contributed by atoms with van der Waals surface area (Å²) in [4.78, 5) is 2.17. The Hall–Kier alpha value is -0.860. The third-order valence-corrected chi connectivity index (χ3v) is 3.03. The van der Waals surface area contributed by atoms with Gasteiger partial charge in [0.15, 0.2) is 0 Å². The SMILES string of the molecule is CCCCc1ccc(C(CN)N(C)C)cc1. The second kappa shape index (κ2) is 6.66. The van der Waals surface area contributed by atoms with E-state index >= 15 is 0 Å². The fourth-order valence-electron chi connectivity index (χ4n) is 1.93. The molecule has 0 aliphatic heterocycles. The number of nitrogens with two attached hydrogens (primary N) is 1. The van der Waals surface area contributed by atoms with Crippen molar-refractivity contribution in [1.82, 2.24) is 4.90 Å². The van der Waals surface area contributed by atoms with Crippen molar-refractivity contribution >= 4 is 0 Å². The van der Waals surface area contributed by atoms with E-state index in [1.807, 2.05) is 0 Å².